The number of anilines is 2. The number of allylic oxidation sites excluding steroid dienone is 5. The minimum absolute atomic E-state index is 0.159. The van der Waals surface area contributed by atoms with Gasteiger partial charge in [-0.1, -0.05) is 32.1 Å². The largest absolute Gasteiger partial charge is 0.334 e. The van der Waals surface area contributed by atoms with Crippen LogP contribution >= 0.6 is 0 Å². The van der Waals surface area contributed by atoms with E-state index >= 15 is 0 Å². The summed E-state index contributed by atoms with van der Waals surface area (Å²) in [7, 11) is 1.69. The monoisotopic (exact) mass is 489 g/mol. The van der Waals surface area contributed by atoms with Gasteiger partial charge in [0.15, 0.2) is 5.82 Å². The van der Waals surface area contributed by atoms with Crippen molar-refractivity contribution < 1.29 is 8.78 Å². The molecule has 0 radical (unpaired) electrons. The van der Waals surface area contributed by atoms with Crippen LogP contribution in [0.2, 0.25) is 0 Å². The van der Waals surface area contributed by atoms with E-state index in [0.29, 0.717) is 35.7 Å². The number of nitrogens with one attached hydrogen (secondary N) is 2. The van der Waals surface area contributed by atoms with E-state index in [9.17, 15) is 18.4 Å². The Balaban J connectivity index is 0.000000779. The Hall–Kier alpha value is -3.33. The normalized spacial score (nSPS) is 12.8. The van der Waals surface area contributed by atoms with E-state index in [4.69, 9.17) is 0 Å². The summed E-state index contributed by atoms with van der Waals surface area (Å²) in [6, 6.07) is 3.50. The van der Waals surface area contributed by atoms with E-state index in [2.05, 4.69) is 22.3 Å². The number of fused-ring (bicyclic) bond motifs is 1. The number of aryl methyl sites for hydroxylation is 1. The molecule has 2 aromatic rings. The predicted molar refractivity (Wildman–Crippen MR) is 140 cm³/mol. The minimum atomic E-state index is -2.50. The van der Waals surface area contributed by atoms with Gasteiger partial charge in [0.2, 0.25) is 5.92 Å². The first-order valence-corrected chi connectivity index (χ1v) is 11.6. The molecule has 0 atom stereocenters. The Morgan fingerprint density at radius 1 is 1.17 bits per heavy atom. The number of nitrogens with zero attached hydrogens (tertiary/aromatic N) is 3. The average Bonchev–Trinajstić information content (AvgIpc) is 2.80. The van der Waals surface area contributed by atoms with Crippen LogP contribution in [0.1, 0.15) is 52.7 Å². The first-order chi connectivity index (χ1) is 16.4. The fourth-order valence-corrected chi connectivity index (χ4v) is 3.06. The Morgan fingerprint density at radius 2 is 1.80 bits per heavy atom. The van der Waals surface area contributed by atoms with Gasteiger partial charge in [0.05, 0.1) is 5.70 Å². The Labute approximate surface area is 205 Å². The maximum atomic E-state index is 13.0. The Bertz CT molecular complexity index is 1180. The average molecular weight is 490 g/mol. The number of rotatable bonds is 5. The maximum absolute atomic E-state index is 13.0. The molecule has 1 aliphatic heterocycles. The van der Waals surface area contributed by atoms with Gasteiger partial charge in [0.25, 0.3) is 11.1 Å². The maximum Gasteiger partial charge on any atom is 0.276 e. The molecule has 35 heavy (non-hydrogen) atoms. The third kappa shape index (κ3) is 9.09. The zero-order valence-electron chi connectivity index (χ0n) is 21.7. The van der Waals surface area contributed by atoms with Gasteiger partial charge >= 0.3 is 0 Å². The van der Waals surface area contributed by atoms with Crippen LogP contribution in [0.3, 0.4) is 0 Å². The highest BCUT2D eigenvalue weighted by molar-refractivity contribution is 5.63. The van der Waals surface area contributed by atoms with E-state index in [1.54, 1.807) is 31.5 Å². The molecule has 1 aliphatic rings. The summed E-state index contributed by atoms with van der Waals surface area (Å²) in [4.78, 5) is 25.5. The Morgan fingerprint density at radius 3 is 2.37 bits per heavy atom. The molecule has 7 nitrogen and oxygen atoms in total. The summed E-state index contributed by atoms with van der Waals surface area (Å²) in [5.74, 6) is -1.98. The molecule has 3 rings (SSSR count). The van der Waals surface area contributed by atoms with Crippen LogP contribution in [0, 0.1) is 0 Å². The van der Waals surface area contributed by atoms with Crippen molar-refractivity contribution in [3.8, 4) is 0 Å². The molecule has 0 saturated carbocycles. The highest BCUT2D eigenvalue weighted by Gasteiger charge is 2.21. The van der Waals surface area contributed by atoms with Crippen LogP contribution in [0.4, 0.5) is 20.3 Å². The van der Waals surface area contributed by atoms with Crippen molar-refractivity contribution >= 4 is 17.2 Å². The summed E-state index contributed by atoms with van der Waals surface area (Å²) >= 11 is 0. The summed E-state index contributed by atoms with van der Waals surface area (Å²) in [6.07, 6.45) is 7.67. The second-order valence-corrected chi connectivity index (χ2v) is 8.28. The number of aromatic nitrogens is 3. The molecule has 0 unspecified atom stereocenters. The van der Waals surface area contributed by atoms with Crippen molar-refractivity contribution in [1.29, 1.82) is 0 Å². The van der Waals surface area contributed by atoms with Gasteiger partial charge in [-0.3, -0.25) is 9.59 Å². The SMILES string of the molecule is C=C/C(=C\C=C(C)C)n1nc(Nc2cccn(C)c2=O)c2c(c1=O)CNCC2.CC.CC(C)(F)F. The van der Waals surface area contributed by atoms with Gasteiger partial charge in [-0.25, -0.2) is 8.78 Å². The van der Waals surface area contributed by atoms with E-state index in [1.165, 1.54) is 9.25 Å². The molecule has 192 valence electrons. The Kier molecular flexibility index (Phi) is 11.5. The lowest BCUT2D eigenvalue weighted by Gasteiger charge is -2.21. The fourth-order valence-electron chi connectivity index (χ4n) is 3.06. The van der Waals surface area contributed by atoms with E-state index < -0.39 is 5.92 Å². The first kappa shape index (κ1) is 29.7. The van der Waals surface area contributed by atoms with Crippen LogP contribution in [0.25, 0.3) is 5.70 Å². The topological polar surface area (TPSA) is 81.0 Å². The first-order valence-electron chi connectivity index (χ1n) is 11.6. The summed E-state index contributed by atoms with van der Waals surface area (Å²) in [6.45, 7) is 14.7. The smallest absolute Gasteiger partial charge is 0.276 e. The van der Waals surface area contributed by atoms with Crippen LogP contribution < -0.4 is 21.8 Å². The minimum Gasteiger partial charge on any atom is -0.334 e. The fraction of sp³-hybridized carbons (Fsp3) is 0.423. The molecular formula is C26H37F2N5O2. The molecule has 0 fully saturated rings. The van der Waals surface area contributed by atoms with Crippen LogP contribution in [0.15, 0.2) is 58.3 Å². The van der Waals surface area contributed by atoms with Gasteiger partial charge < -0.3 is 15.2 Å². The lowest BCUT2D eigenvalue weighted by molar-refractivity contribution is 0.0437. The zero-order valence-corrected chi connectivity index (χ0v) is 21.7. The molecule has 0 aromatic carbocycles. The lowest BCUT2D eigenvalue weighted by Crippen LogP contribution is -2.36. The molecule has 2 aromatic heterocycles. The van der Waals surface area contributed by atoms with Crippen LogP contribution in [-0.2, 0) is 20.0 Å². The second kappa shape index (κ2) is 13.5. The second-order valence-electron chi connectivity index (χ2n) is 8.28. The van der Waals surface area contributed by atoms with Gasteiger partial charge in [-0.05, 0) is 64.9 Å². The van der Waals surface area contributed by atoms with Crippen molar-refractivity contribution in [2.75, 3.05) is 11.9 Å². The van der Waals surface area contributed by atoms with Gasteiger partial charge in [-0.2, -0.15) is 4.68 Å². The predicted octanol–water partition coefficient (Wildman–Crippen LogP) is 5.01. The van der Waals surface area contributed by atoms with Crippen molar-refractivity contribution in [3.63, 3.8) is 0 Å². The molecule has 0 spiro atoms. The molecular weight excluding hydrogens is 452 g/mol. The zero-order chi connectivity index (χ0) is 26.8. The van der Waals surface area contributed by atoms with Gasteiger partial charge in [-0.15, -0.1) is 5.10 Å². The van der Waals surface area contributed by atoms with E-state index in [1.807, 2.05) is 39.8 Å². The third-order valence-corrected chi connectivity index (χ3v) is 4.57. The van der Waals surface area contributed by atoms with Gasteiger partial charge in [0, 0.05) is 30.9 Å². The van der Waals surface area contributed by atoms with Gasteiger partial charge in [0.1, 0.15) is 5.69 Å². The standard InChI is InChI=1S/C21H25N5O2.C3H6F2.C2H6/c1-5-15(9-8-14(2)3)26-20(27)17-13-22-11-10-16(17)19(24-26)23-18-7-6-12-25(4)21(18)28;1-3(2,4)5;1-2/h5-9,12,22H,1,10-11,13H2,2-4H3,(H,23,24);1-2H3;1-2H3/b15-9+;;. The van der Waals surface area contributed by atoms with E-state index in [-0.39, 0.29) is 11.1 Å². The number of halogens is 2. The van der Waals surface area contributed by atoms with Crippen molar-refractivity contribution in [2.24, 2.45) is 7.05 Å². The van der Waals surface area contributed by atoms with E-state index in [0.717, 1.165) is 31.5 Å². The van der Waals surface area contributed by atoms with Crippen LogP contribution in [-0.4, -0.2) is 26.8 Å². The summed E-state index contributed by atoms with van der Waals surface area (Å²) in [5.41, 5.74) is 3.24. The highest BCUT2D eigenvalue weighted by atomic mass is 19.3. The van der Waals surface area contributed by atoms with Crippen molar-refractivity contribution in [3.05, 3.63) is 80.5 Å². The third-order valence-electron chi connectivity index (χ3n) is 4.57. The van der Waals surface area contributed by atoms with Crippen molar-refractivity contribution in [2.45, 2.75) is 60.4 Å². The molecule has 0 saturated heterocycles. The molecule has 3 heterocycles. The highest BCUT2D eigenvalue weighted by Crippen LogP contribution is 2.22. The number of hydrogen-bond donors (Lipinski definition) is 2. The molecule has 0 aliphatic carbocycles. The molecule has 2 N–H and O–H groups in total. The lowest BCUT2D eigenvalue weighted by atomic mass is 10.0. The van der Waals surface area contributed by atoms with Crippen molar-refractivity contribution in [1.82, 2.24) is 19.7 Å². The quantitative estimate of drug-likeness (QED) is 0.577. The summed E-state index contributed by atoms with van der Waals surface area (Å²) in [5, 5.41) is 10.9. The summed E-state index contributed by atoms with van der Waals surface area (Å²) < 4.78 is 24.9. The molecule has 0 bridgehead atoms. The number of hydrogen-bond acceptors (Lipinski definition) is 5. The number of alkyl halides is 2. The number of pyridine rings is 1. The van der Waals surface area contributed by atoms with Crippen LogP contribution in [0.5, 0.6) is 0 Å². The molecule has 9 heteroatoms. The molecule has 0 amide bonds.